The number of nitrogens with one attached hydrogen (secondary N) is 2. The first-order chi connectivity index (χ1) is 11.4. The Morgan fingerprint density at radius 1 is 0.667 bits per heavy atom. The van der Waals surface area contributed by atoms with Crippen LogP contribution in [-0.2, 0) is 9.59 Å². The molecule has 0 aromatic heterocycles. The molecule has 0 atom stereocenters. The highest BCUT2D eigenvalue weighted by atomic mass is 16.2. The molecule has 0 fully saturated rings. The van der Waals surface area contributed by atoms with Crippen LogP contribution in [0.15, 0.2) is 48.5 Å². The van der Waals surface area contributed by atoms with Gasteiger partial charge in [-0.1, -0.05) is 24.3 Å². The second-order valence-corrected chi connectivity index (χ2v) is 5.18. The fourth-order valence-electron chi connectivity index (χ4n) is 2.01. The standard InChI is InChI=1S/C18H16N2O4/c1-11(21)13-5-3-7-15(9-13)19-17(23)18(24)20-16-8-4-6-14(10-16)12(2)22/h3-10H,1-2H3,(H,19,23)(H,20,24). The van der Waals surface area contributed by atoms with E-state index in [1.807, 2.05) is 0 Å². The van der Waals surface area contributed by atoms with E-state index in [9.17, 15) is 19.2 Å². The molecule has 0 aliphatic heterocycles. The van der Waals surface area contributed by atoms with E-state index < -0.39 is 11.8 Å². The maximum absolute atomic E-state index is 11.9. The van der Waals surface area contributed by atoms with E-state index in [0.717, 1.165) is 0 Å². The van der Waals surface area contributed by atoms with Gasteiger partial charge in [-0.05, 0) is 38.1 Å². The summed E-state index contributed by atoms with van der Waals surface area (Å²) in [5.41, 5.74) is 1.56. The van der Waals surface area contributed by atoms with Crippen molar-refractivity contribution < 1.29 is 19.2 Å². The number of hydrogen-bond acceptors (Lipinski definition) is 4. The zero-order valence-electron chi connectivity index (χ0n) is 13.3. The van der Waals surface area contributed by atoms with E-state index in [4.69, 9.17) is 0 Å². The minimum absolute atomic E-state index is 0.142. The van der Waals surface area contributed by atoms with Crippen molar-refractivity contribution in [3.63, 3.8) is 0 Å². The van der Waals surface area contributed by atoms with Crippen LogP contribution in [0.1, 0.15) is 34.6 Å². The smallest absolute Gasteiger partial charge is 0.314 e. The molecule has 122 valence electrons. The molecule has 0 aliphatic rings. The highest BCUT2D eigenvalue weighted by molar-refractivity contribution is 6.43. The van der Waals surface area contributed by atoms with Crippen LogP contribution in [0.5, 0.6) is 0 Å². The predicted octanol–water partition coefficient (Wildman–Crippen LogP) is 2.67. The zero-order chi connectivity index (χ0) is 17.7. The second-order valence-electron chi connectivity index (χ2n) is 5.18. The van der Waals surface area contributed by atoms with Crippen LogP contribution in [0.25, 0.3) is 0 Å². The highest BCUT2D eigenvalue weighted by Crippen LogP contribution is 2.13. The number of amides is 2. The molecule has 6 nitrogen and oxygen atoms in total. The number of Topliss-reactive ketones (excluding diaryl/α,β-unsaturated/α-hetero) is 2. The van der Waals surface area contributed by atoms with Crippen LogP contribution in [-0.4, -0.2) is 23.4 Å². The van der Waals surface area contributed by atoms with Gasteiger partial charge >= 0.3 is 11.8 Å². The summed E-state index contributed by atoms with van der Waals surface area (Å²) >= 11 is 0. The lowest BCUT2D eigenvalue weighted by molar-refractivity contribution is -0.132. The minimum Gasteiger partial charge on any atom is -0.318 e. The van der Waals surface area contributed by atoms with Crippen molar-refractivity contribution in [1.29, 1.82) is 0 Å². The molecule has 0 aliphatic carbocycles. The van der Waals surface area contributed by atoms with Crippen molar-refractivity contribution in [2.75, 3.05) is 10.6 Å². The number of carbonyl (C=O) groups is 4. The Balaban J connectivity index is 2.06. The molecule has 0 radical (unpaired) electrons. The van der Waals surface area contributed by atoms with Crippen molar-refractivity contribution in [2.45, 2.75) is 13.8 Å². The van der Waals surface area contributed by atoms with Gasteiger partial charge < -0.3 is 10.6 Å². The van der Waals surface area contributed by atoms with Gasteiger partial charge in [-0.15, -0.1) is 0 Å². The van der Waals surface area contributed by atoms with E-state index >= 15 is 0 Å². The lowest BCUT2D eigenvalue weighted by atomic mass is 10.1. The summed E-state index contributed by atoms with van der Waals surface area (Å²) in [5, 5.41) is 4.85. The average molecular weight is 324 g/mol. The van der Waals surface area contributed by atoms with Gasteiger partial charge in [-0.3, -0.25) is 19.2 Å². The zero-order valence-corrected chi connectivity index (χ0v) is 13.3. The molecule has 0 unspecified atom stereocenters. The van der Waals surface area contributed by atoms with E-state index in [1.165, 1.54) is 26.0 Å². The fourth-order valence-corrected chi connectivity index (χ4v) is 2.01. The van der Waals surface area contributed by atoms with Gasteiger partial charge in [0.2, 0.25) is 0 Å². The first-order valence-corrected chi connectivity index (χ1v) is 7.21. The molecule has 0 spiro atoms. The Labute approximate surface area is 138 Å². The van der Waals surface area contributed by atoms with Gasteiger partial charge in [0, 0.05) is 22.5 Å². The third kappa shape index (κ3) is 4.36. The Morgan fingerprint density at radius 3 is 1.38 bits per heavy atom. The summed E-state index contributed by atoms with van der Waals surface area (Å²) in [6.45, 7) is 2.82. The summed E-state index contributed by atoms with van der Waals surface area (Å²) < 4.78 is 0. The Morgan fingerprint density at radius 2 is 1.04 bits per heavy atom. The molecule has 24 heavy (non-hydrogen) atoms. The molecule has 2 aromatic carbocycles. The molecular weight excluding hydrogens is 308 g/mol. The molecule has 0 bridgehead atoms. The van der Waals surface area contributed by atoms with Crippen molar-refractivity contribution in [1.82, 2.24) is 0 Å². The number of rotatable bonds is 4. The molecule has 2 rings (SSSR count). The second kappa shape index (κ2) is 7.32. The SMILES string of the molecule is CC(=O)c1cccc(NC(=O)C(=O)Nc2cccc(C(C)=O)c2)c1. The summed E-state index contributed by atoms with van der Waals surface area (Å²) in [6.07, 6.45) is 0. The number of benzene rings is 2. The first-order valence-electron chi connectivity index (χ1n) is 7.21. The van der Waals surface area contributed by atoms with Crippen LogP contribution in [0.4, 0.5) is 11.4 Å². The van der Waals surface area contributed by atoms with Gasteiger partial charge in [0.1, 0.15) is 0 Å². The molecule has 2 N–H and O–H groups in total. The summed E-state index contributed by atoms with van der Waals surface area (Å²) in [4.78, 5) is 46.5. The van der Waals surface area contributed by atoms with Crippen LogP contribution in [0.3, 0.4) is 0 Å². The quantitative estimate of drug-likeness (QED) is 0.668. The average Bonchev–Trinajstić information content (AvgIpc) is 2.55. The number of carbonyl (C=O) groups excluding carboxylic acids is 4. The Kier molecular flexibility index (Phi) is 5.21. The van der Waals surface area contributed by atoms with Gasteiger partial charge in [-0.25, -0.2) is 0 Å². The summed E-state index contributed by atoms with van der Waals surface area (Å²) in [5.74, 6) is -2.03. The van der Waals surface area contributed by atoms with E-state index in [1.54, 1.807) is 36.4 Å². The molecule has 2 aromatic rings. The highest BCUT2D eigenvalue weighted by Gasteiger charge is 2.15. The lowest BCUT2D eigenvalue weighted by Crippen LogP contribution is -2.29. The Hall–Kier alpha value is -3.28. The van der Waals surface area contributed by atoms with Gasteiger partial charge in [0.15, 0.2) is 11.6 Å². The summed E-state index contributed by atoms with van der Waals surface area (Å²) in [7, 11) is 0. The largest absolute Gasteiger partial charge is 0.318 e. The molecule has 2 amide bonds. The van der Waals surface area contributed by atoms with Crippen LogP contribution in [0.2, 0.25) is 0 Å². The third-order valence-electron chi connectivity index (χ3n) is 3.26. The van der Waals surface area contributed by atoms with Gasteiger partial charge in [-0.2, -0.15) is 0 Å². The number of hydrogen-bond donors (Lipinski definition) is 2. The van der Waals surface area contributed by atoms with E-state index in [2.05, 4.69) is 10.6 Å². The van der Waals surface area contributed by atoms with Gasteiger partial charge in [0.25, 0.3) is 0 Å². The molecule has 0 saturated heterocycles. The van der Waals surface area contributed by atoms with Crippen LogP contribution in [0, 0.1) is 0 Å². The van der Waals surface area contributed by atoms with Crippen molar-refractivity contribution >= 4 is 34.8 Å². The summed E-state index contributed by atoms with van der Waals surface area (Å²) in [6, 6.07) is 12.6. The minimum atomic E-state index is -0.871. The van der Waals surface area contributed by atoms with E-state index in [-0.39, 0.29) is 11.6 Å². The maximum Gasteiger partial charge on any atom is 0.314 e. The third-order valence-corrected chi connectivity index (χ3v) is 3.26. The van der Waals surface area contributed by atoms with Crippen molar-refractivity contribution in [3.8, 4) is 0 Å². The first kappa shape index (κ1) is 17.1. The molecule has 0 heterocycles. The van der Waals surface area contributed by atoms with Crippen LogP contribution >= 0.6 is 0 Å². The molecular formula is C18H16N2O4. The van der Waals surface area contributed by atoms with Crippen molar-refractivity contribution in [2.24, 2.45) is 0 Å². The predicted molar refractivity (Wildman–Crippen MR) is 90.2 cm³/mol. The van der Waals surface area contributed by atoms with Crippen LogP contribution < -0.4 is 10.6 Å². The number of anilines is 2. The van der Waals surface area contributed by atoms with E-state index in [0.29, 0.717) is 22.5 Å². The molecule has 0 saturated carbocycles. The van der Waals surface area contributed by atoms with Crippen molar-refractivity contribution in [3.05, 3.63) is 59.7 Å². The van der Waals surface area contributed by atoms with Gasteiger partial charge in [0.05, 0.1) is 0 Å². The normalized spacial score (nSPS) is 9.92. The topological polar surface area (TPSA) is 92.3 Å². The maximum atomic E-state index is 11.9. The lowest BCUT2D eigenvalue weighted by Gasteiger charge is -2.08. The number of ketones is 2. The molecule has 6 heteroatoms. The fraction of sp³-hybridized carbons (Fsp3) is 0.111. The Bertz CT molecular complexity index is 758. The monoisotopic (exact) mass is 324 g/mol.